The molecule has 128 valence electrons. The molecule has 0 aliphatic rings. The van der Waals surface area contributed by atoms with Gasteiger partial charge in [0.1, 0.15) is 5.76 Å². The molecule has 0 aliphatic carbocycles. The summed E-state index contributed by atoms with van der Waals surface area (Å²) in [6, 6.07) is 12.5. The molecule has 1 aromatic carbocycles. The molecule has 0 saturated heterocycles. The number of amides is 1. The number of aromatic nitrogens is 1. The predicted molar refractivity (Wildman–Crippen MR) is 98.2 cm³/mol. The highest BCUT2D eigenvalue weighted by atomic mass is 35.5. The average Bonchev–Trinajstić information content (AvgIpc) is 3.20. The Labute approximate surface area is 150 Å². The van der Waals surface area contributed by atoms with Gasteiger partial charge in [-0.2, -0.15) is 5.10 Å². The second-order valence-corrected chi connectivity index (χ2v) is 6.13. The maximum absolute atomic E-state index is 12.0. The normalized spacial score (nSPS) is 11.2. The van der Waals surface area contributed by atoms with Gasteiger partial charge in [-0.15, -0.1) is 0 Å². The summed E-state index contributed by atoms with van der Waals surface area (Å²) in [7, 11) is 0. The van der Waals surface area contributed by atoms with Crippen LogP contribution in [0.25, 0.3) is 0 Å². The summed E-state index contributed by atoms with van der Waals surface area (Å²) >= 11 is 5.82. The fourth-order valence-electron chi connectivity index (χ4n) is 2.59. The number of hydrogen-bond acceptors (Lipinski definition) is 3. The average molecular weight is 356 g/mol. The molecular formula is C19H18ClN3O2. The molecular weight excluding hydrogens is 338 g/mol. The van der Waals surface area contributed by atoms with E-state index >= 15 is 0 Å². The van der Waals surface area contributed by atoms with E-state index in [9.17, 15) is 4.79 Å². The topological polar surface area (TPSA) is 59.5 Å². The fraction of sp³-hybridized carbons (Fsp3) is 0.158. The van der Waals surface area contributed by atoms with Gasteiger partial charge in [0.05, 0.1) is 19.0 Å². The van der Waals surface area contributed by atoms with Crippen LogP contribution in [0.15, 0.2) is 58.2 Å². The Morgan fingerprint density at radius 1 is 1.28 bits per heavy atom. The van der Waals surface area contributed by atoms with Crippen molar-refractivity contribution in [1.29, 1.82) is 0 Å². The molecule has 6 heteroatoms. The van der Waals surface area contributed by atoms with Gasteiger partial charge in [-0.1, -0.05) is 11.6 Å². The number of hydrogen-bond donors (Lipinski definition) is 1. The lowest BCUT2D eigenvalue weighted by atomic mass is 10.2. The van der Waals surface area contributed by atoms with Crippen molar-refractivity contribution < 1.29 is 9.21 Å². The molecule has 25 heavy (non-hydrogen) atoms. The molecule has 3 rings (SSSR count). The van der Waals surface area contributed by atoms with Crippen molar-refractivity contribution in [3.05, 3.63) is 82.0 Å². The molecule has 0 bridgehead atoms. The van der Waals surface area contributed by atoms with E-state index in [1.165, 1.54) is 0 Å². The summed E-state index contributed by atoms with van der Waals surface area (Å²) in [6.45, 7) is 4.70. The first-order valence-corrected chi connectivity index (χ1v) is 8.20. The minimum atomic E-state index is -0.280. The lowest BCUT2D eigenvalue weighted by molar-refractivity contribution is 0.0955. The van der Waals surface area contributed by atoms with Crippen molar-refractivity contribution in [3.63, 3.8) is 0 Å². The van der Waals surface area contributed by atoms with Gasteiger partial charge in [-0.25, -0.2) is 5.43 Å². The SMILES string of the molecule is Cc1cc(/C=N\NC(=O)c2ccc(Cl)cc2)c(C)n1Cc1ccco1. The number of nitrogens with zero attached hydrogens (tertiary/aromatic N) is 2. The molecule has 3 aromatic rings. The number of halogens is 1. The third-order valence-electron chi connectivity index (χ3n) is 3.98. The van der Waals surface area contributed by atoms with Crippen molar-refractivity contribution in [3.8, 4) is 0 Å². The monoisotopic (exact) mass is 355 g/mol. The lowest BCUT2D eigenvalue weighted by Gasteiger charge is -2.07. The Morgan fingerprint density at radius 3 is 2.72 bits per heavy atom. The van der Waals surface area contributed by atoms with Gasteiger partial charge in [-0.05, 0) is 56.3 Å². The molecule has 5 nitrogen and oxygen atoms in total. The number of hydrazone groups is 1. The van der Waals surface area contributed by atoms with Gasteiger partial charge in [-0.3, -0.25) is 4.79 Å². The van der Waals surface area contributed by atoms with Gasteiger partial charge < -0.3 is 8.98 Å². The molecule has 0 atom stereocenters. The van der Waals surface area contributed by atoms with Crippen LogP contribution in [-0.2, 0) is 6.54 Å². The van der Waals surface area contributed by atoms with E-state index < -0.39 is 0 Å². The second-order valence-electron chi connectivity index (χ2n) is 5.70. The molecule has 2 heterocycles. The molecule has 0 radical (unpaired) electrons. The smallest absolute Gasteiger partial charge is 0.271 e. The molecule has 0 saturated carbocycles. The van der Waals surface area contributed by atoms with Crippen LogP contribution in [-0.4, -0.2) is 16.7 Å². The number of benzene rings is 1. The van der Waals surface area contributed by atoms with Crippen molar-refractivity contribution in [2.24, 2.45) is 5.10 Å². The Morgan fingerprint density at radius 2 is 2.04 bits per heavy atom. The Bertz CT molecular complexity index is 894. The second kappa shape index (κ2) is 7.40. The standard InChI is InChI=1S/C19H18ClN3O2/c1-13-10-16(14(2)23(13)12-18-4-3-9-25-18)11-21-22-19(24)15-5-7-17(20)8-6-15/h3-11H,12H2,1-2H3,(H,22,24)/b21-11-. The molecule has 0 spiro atoms. The van der Waals surface area contributed by atoms with E-state index in [1.54, 1.807) is 36.7 Å². The quantitative estimate of drug-likeness (QED) is 0.551. The first kappa shape index (κ1) is 17.0. The van der Waals surface area contributed by atoms with Crippen molar-refractivity contribution >= 4 is 23.7 Å². The fourth-order valence-corrected chi connectivity index (χ4v) is 2.71. The summed E-state index contributed by atoms with van der Waals surface area (Å²) in [4.78, 5) is 12.0. The van der Waals surface area contributed by atoms with E-state index in [4.69, 9.17) is 16.0 Å². The van der Waals surface area contributed by atoms with Gasteiger partial charge in [0.25, 0.3) is 5.91 Å². The zero-order chi connectivity index (χ0) is 17.8. The summed E-state index contributed by atoms with van der Waals surface area (Å²) in [6.07, 6.45) is 3.31. The van der Waals surface area contributed by atoms with Gasteiger partial charge in [0, 0.05) is 27.5 Å². The first-order chi connectivity index (χ1) is 12.0. The summed E-state index contributed by atoms with van der Waals surface area (Å²) < 4.78 is 7.55. The van der Waals surface area contributed by atoms with Crippen molar-refractivity contribution in [1.82, 2.24) is 9.99 Å². The van der Waals surface area contributed by atoms with E-state index in [-0.39, 0.29) is 5.91 Å². The van der Waals surface area contributed by atoms with Crippen molar-refractivity contribution in [2.75, 3.05) is 0 Å². The highest BCUT2D eigenvalue weighted by molar-refractivity contribution is 6.30. The molecule has 0 unspecified atom stereocenters. The molecule has 2 aromatic heterocycles. The van der Waals surface area contributed by atoms with Gasteiger partial charge >= 0.3 is 0 Å². The summed E-state index contributed by atoms with van der Waals surface area (Å²) in [5.74, 6) is 0.610. The van der Waals surface area contributed by atoms with Crippen LogP contribution in [0.2, 0.25) is 5.02 Å². The van der Waals surface area contributed by atoms with E-state index in [0.717, 1.165) is 22.7 Å². The first-order valence-electron chi connectivity index (χ1n) is 7.82. The van der Waals surface area contributed by atoms with Crippen LogP contribution >= 0.6 is 11.6 Å². The van der Waals surface area contributed by atoms with Crippen LogP contribution < -0.4 is 5.43 Å². The van der Waals surface area contributed by atoms with E-state index in [1.807, 2.05) is 32.0 Å². The minimum Gasteiger partial charge on any atom is -0.467 e. The Kier molecular flexibility index (Phi) is 5.05. The highest BCUT2D eigenvalue weighted by Gasteiger charge is 2.09. The van der Waals surface area contributed by atoms with Crippen LogP contribution in [0.3, 0.4) is 0 Å². The highest BCUT2D eigenvalue weighted by Crippen LogP contribution is 2.16. The third kappa shape index (κ3) is 4.00. The summed E-state index contributed by atoms with van der Waals surface area (Å²) in [5.41, 5.74) is 6.13. The van der Waals surface area contributed by atoms with Crippen LogP contribution in [0.1, 0.15) is 33.1 Å². The number of furan rings is 1. The van der Waals surface area contributed by atoms with Gasteiger partial charge in [0.15, 0.2) is 0 Å². The predicted octanol–water partition coefficient (Wildman–Crippen LogP) is 4.16. The van der Waals surface area contributed by atoms with Crippen LogP contribution in [0, 0.1) is 13.8 Å². The van der Waals surface area contributed by atoms with Crippen LogP contribution in [0.4, 0.5) is 0 Å². The number of aryl methyl sites for hydroxylation is 1. The lowest BCUT2D eigenvalue weighted by Crippen LogP contribution is -2.17. The zero-order valence-corrected chi connectivity index (χ0v) is 14.7. The number of carbonyl (C=O) groups is 1. The number of carbonyl (C=O) groups excluding carboxylic acids is 1. The minimum absolute atomic E-state index is 0.280. The maximum Gasteiger partial charge on any atom is 0.271 e. The molecule has 0 fully saturated rings. The molecule has 1 N–H and O–H groups in total. The number of rotatable bonds is 5. The Balaban J connectivity index is 1.69. The number of nitrogens with one attached hydrogen (secondary N) is 1. The molecule has 0 aliphatic heterocycles. The van der Waals surface area contributed by atoms with Crippen molar-refractivity contribution in [2.45, 2.75) is 20.4 Å². The van der Waals surface area contributed by atoms with Gasteiger partial charge in [0.2, 0.25) is 0 Å². The van der Waals surface area contributed by atoms with E-state index in [0.29, 0.717) is 17.1 Å². The zero-order valence-electron chi connectivity index (χ0n) is 14.0. The Hall–Kier alpha value is -2.79. The maximum atomic E-state index is 12.0. The molecule has 1 amide bonds. The third-order valence-corrected chi connectivity index (χ3v) is 4.23. The summed E-state index contributed by atoms with van der Waals surface area (Å²) in [5, 5.41) is 4.65. The van der Waals surface area contributed by atoms with Crippen LogP contribution in [0.5, 0.6) is 0 Å². The van der Waals surface area contributed by atoms with E-state index in [2.05, 4.69) is 15.1 Å². The largest absolute Gasteiger partial charge is 0.467 e.